The molecule has 0 saturated carbocycles. The number of aryl methyl sites for hydroxylation is 1. The summed E-state index contributed by atoms with van der Waals surface area (Å²) >= 11 is 5.96. The third kappa shape index (κ3) is 3.00. The van der Waals surface area contributed by atoms with Crippen molar-refractivity contribution in [2.24, 2.45) is 0 Å². The number of benzene rings is 1. The zero-order chi connectivity index (χ0) is 19.1. The number of furan rings is 1. The Morgan fingerprint density at radius 2 is 2.11 bits per heavy atom. The molecule has 0 unspecified atom stereocenters. The predicted octanol–water partition coefficient (Wildman–Crippen LogP) is 3.08. The number of rotatable bonds is 4. The first-order valence-corrected chi connectivity index (χ1v) is 8.84. The van der Waals surface area contributed by atoms with Crippen molar-refractivity contribution >= 4 is 34.1 Å². The highest BCUT2D eigenvalue weighted by molar-refractivity contribution is 6.30. The SMILES string of the molecule is Cc1nn([C@@H](C)C(=O)NCc2cccc(Cl)c2)c(=O)c2cc3occc3n12. The molecule has 0 saturated heterocycles. The van der Waals surface area contributed by atoms with Crippen LogP contribution in [0.15, 0.2) is 51.9 Å². The summed E-state index contributed by atoms with van der Waals surface area (Å²) in [5.74, 6) is 0.291. The van der Waals surface area contributed by atoms with Crippen LogP contribution >= 0.6 is 11.6 Å². The van der Waals surface area contributed by atoms with Crippen molar-refractivity contribution in [3.8, 4) is 0 Å². The van der Waals surface area contributed by atoms with E-state index in [9.17, 15) is 9.59 Å². The Labute approximate surface area is 159 Å². The number of fused-ring (bicyclic) bond motifs is 3. The number of carbonyl (C=O) groups is 1. The van der Waals surface area contributed by atoms with E-state index in [0.29, 0.717) is 28.5 Å². The number of nitrogens with zero attached hydrogens (tertiary/aromatic N) is 3. The molecule has 4 aromatic rings. The van der Waals surface area contributed by atoms with Gasteiger partial charge in [0.15, 0.2) is 5.58 Å². The van der Waals surface area contributed by atoms with Crippen molar-refractivity contribution in [1.29, 1.82) is 0 Å². The molecule has 1 N–H and O–H groups in total. The fourth-order valence-electron chi connectivity index (χ4n) is 3.15. The minimum atomic E-state index is -0.762. The van der Waals surface area contributed by atoms with Crippen molar-refractivity contribution in [2.45, 2.75) is 26.4 Å². The lowest BCUT2D eigenvalue weighted by Gasteiger charge is -2.15. The average Bonchev–Trinajstić information content (AvgIpc) is 3.23. The number of carbonyl (C=O) groups excluding carboxylic acids is 1. The maximum absolute atomic E-state index is 12.9. The Bertz CT molecular complexity index is 1220. The second kappa shape index (κ2) is 6.59. The van der Waals surface area contributed by atoms with Crippen molar-refractivity contribution in [3.63, 3.8) is 0 Å². The second-order valence-electron chi connectivity index (χ2n) is 6.36. The monoisotopic (exact) mass is 384 g/mol. The first-order valence-electron chi connectivity index (χ1n) is 8.46. The largest absolute Gasteiger partial charge is 0.463 e. The maximum atomic E-state index is 12.9. The molecule has 27 heavy (non-hydrogen) atoms. The topological polar surface area (TPSA) is 81.5 Å². The van der Waals surface area contributed by atoms with Gasteiger partial charge in [0.05, 0.1) is 11.8 Å². The number of aromatic nitrogens is 3. The van der Waals surface area contributed by atoms with E-state index in [1.54, 1.807) is 48.8 Å². The summed E-state index contributed by atoms with van der Waals surface area (Å²) < 4.78 is 8.31. The molecule has 0 aliphatic rings. The van der Waals surface area contributed by atoms with Gasteiger partial charge in [-0.1, -0.05) is 23.7 Å². The Kier molecular flexibility index (Phi) is 4.24. The highest BCUT2D eigenvalue weighted by atomic mass is 35.5. The predicted molar refractivity (Wildman–Crippen MR) is 102 cm³/mol. The first kappa shape index (κ1) is 17.4. The number of hydrogen-bond donors (Lipinski definition) is 1. The third-order valence-corrected chi connectivity index (χ3v) is 4.76. The van der Waals surface area contributed by atoms with Crippen LogP contribution in [0.5, 0.6) is 0 Å². The van der Waals surface area contributed by atoms with E-state index >= 15 is 0 Å². The van der Waals surface area contributed by atoms with E-state index in [2.05, 4.69) is 10.4 Å². The zero-order valence-electron chi connectivity index (χ0n) is 14.8. The summed E-state index contributed by atoms with van der Waals surface area (Å²) in [6.07, 6.45) is 1.56. The summed E-state index contributed by atoms with van der Waals surface area (Å²) in [5.41, 5.74) is 2.33. The number of hydrogen-bond acceptors (Lipinski definition) is 4. The molecule has 0 fully saturated rings. The molecular formula is C19H17ClN4O3. The van der Waals surface area contributed by atoms with E-state index in [-0.39, 0.29) is 11.5 Å². The van der Waals surface area contributed by atoms with Gasteiger partial charge in [-0.05, 0) is 31.5 Å². The number of amides is 1. The molecule has 138 valence electrons. The molecule has 1 amide bonds. The van der Waals surface area contributed by atoms with E-state index in [1.807, 2.05) is 12.1 Å². The van der Waals surface area contributed by atoms with Gasteiger partial charge in [0.25, 0.3) is 5.56 Å². The van der Waals surface area contributed by atoms with E-state index in [0.717, 1.165) is 11.1 Å². The van der Waals surface area contributed by atoms with Crippen LogP contribution in [0, 0.1) is 6.92 Å². The summed E-state index contributed by atoms with van der Waals surface area (Å²) in [6, 6.07) is 9.92. The van der Waals surface area contributed by atoms with Crippen molar-refractivity contribution in [3.05, 3.63) is 69.4 Å². The minimum absolute atomic E-state index is 0.302. The lowest BCUT2D eigenvalue weighted by Crippen LogP contribution is -2.38. The zero-order valence-corrected chi connectivity index (χ0v) is 15.5. The number of nitrogens with one attached hydrogen (secondary N) is 1. The molecule has 4 rings (SSSR count). The van der Waals surface area contributed by atoms with Gasteiger partial charge in [-0.3, -0.25) is 14.0 Å². The van der Waals surface area contributed by atoms with Crippen LogP contribution in [0.25, 0.3) is 16.6 Å². The van der Waals surface area contributed by atoms with Gasteiger partial charge in [0.2, 0.25) is 5.91 Å². The molecule has 3 heterocycles. The summed E-state index contributed by atoms with van der Waals surface area (Å²) in [5, 5.41) is 7.76. The van der Waals surface area contributed by atoms with Gasteiger partial charge in [0.1, 0.15) is 17.4 Å². The first-order chi connectivity index (χ1) is 13.0. The standard InChI is InChI=1S/C19H17ClN4O3/c1-11(18(25)21-10-13-4-3-5-14(20)8-13)24-19(26)16-9-17-15(6-7-27-17)23(16)12(2)22-24/h3-9,11H,10H2,1-2H3,(H,21,25)/t11-/m0/s1. The lowest BCUT2D eigenvalue weighted by atomic mass is 10.2. The van der Waals surface area contributed by atoms with Crippen molar-refractivity contribution in [2.75, 3.05) is 0 Å². The van der Waals surface area contributed by atoms with Crippen LogP contribution in [0.4, 0.5) is 0 Å². The molecule has 3 aromatic heterocycles. The van der Waals surface area contributed by atoms with Gasteiger partial charge in [-0.25, -0.2) is 4.68 Å². The molecule has 1 atom stereocenters. The Morgan fingerprint density at radius 3 is 2.89 bits per heavy atom. The van der Waals surface area contributed by atoms with E-state index in [1.165, 1.54) is 4.68 Å². The highest BCUT2D eigenvalue weighted by Crippen LogP contribution is 2.20. The Balaban J connectivity index is 1.63. The van der Waals surface area contributed by atoms with Crippen molar-refractivity contribution < 1.29 is 9.21 Å². The molecule has 0 bridgehead atoms. The molecule has 1 aromatic carbocycles. The highest BCUT2D eigenvalue weighted by Gasteiger charge is 2.21. The average molecular weight is 385 g/mol. The fourth-order valence-corrected chi connectivity index (χ4v) is 3.37. The minimum Gasteiger partial charge on any atom is -0.463 e. The van der Waals surface area contributed by atoms with Gasteiger partial charge < -0.3 is 9.73 Å². The quantitative estimate of drug-likeness (QED) is 0.586. The van der Waals surface area contributed by atoms with Gasteiger partial charge >= 0.3 is 0 Å². The van der Waals surface area contributed by atoms with Gasteiger partial charge in [0, 0.05) is 23.7 Å². The van der Waals surface area contributed by atoms with Crippen LogP contribution in [-0.4, -0.2) is 20.1 Å². The molecule has 0 aliphatic carbocycles. The Morgan fingerprint density at radius 1 is 1.30 bits per heavy atom. The second-order valence-corrected chi connectivity index (χ2v) is 6.79. The Hall–Kier alpha value is -3.06. The summed E-state index contributed by atoms with van der Waals surface area (Å²) in [7, 11) is 0. The van der Waals surface area contributed by atoms with E-state index < -0.39 is 6.04 Å². The molecular weight excluding hydrogens is 368 g/mol. The number of halogens is 1. The summed E-state index contributed by atoms with van der Waals surface area (Å²) in [4.78, 5) is 25.4. The van der Waals surface area contributed by atoms with Gasteiger partial charge in [-0.2, -0.15) is 5.10 Å². The molecule has 7 nitrogen and oxygen atoms in total. The van der Waals surface area contributed by atoms with Crippen LogP contribution in [0.1, 0.15) is 24.4 Å². The van der Waals surface area contributed by atoms with Crippen LogP contribution in [0.3, 0.4) is 0 Å². The van der Waals surface area contributed by atoms with Gasteiger partial charge in [-0.15, -0.1) is 0 Å². The normalized spacial score (nSPS) is 12.6. The maximum Gasteiger partial charge on any atom is 0.291 e. The molecule has 0 aliphatic heterocycles. The smallest absolute Gasteiger partial charge is 0.291 e. The lowest BCUT2D eigenvalue weighted by molar-refractivity contribution is -0.124. The third-order valence-electron chi connectivity index (χ3n) is 4.53. The van der Waals surface area contributed by atoms with Crippen molar-refractivity contribution in [1.82, 2.24) is 19.5 Å². The molecule has 0 radical (unpaired) electrons. The fraction of sp³-hybridized carbons (Fsp3) is 0.211. The van der Waals surface area contributed by atoms with Crippen LogP contribution < -0.4 is 10.9 Å². The van der Waals surface area contributed by atoms with Crippen LogP contribution in [-0.2, 0) is 11.3 Å². The summed E-state index contributed by atoms with van der Waals surface area (Å²) in [6.45, 7) is 3.74. The molecule has 8 heteroatoms. The van der Waals surface area contributed by atoms with E-state index in [4.69, 9.17) is 16.0 Å². The molecule has 0 spiro atoms. The van der Waals surface area contributed by atoms with Crippen LogP contribution in [0.2, 0.25) is 5.02 Å².